The molecule has 3 rings (SSSR count). The number of hydrogen-bond donors (Lipinski definition) is 0. The maximum Gasteiger partial charge on any atom is 0.274 e. The molecule has 23 heavy (non-hydrogen) atoms. The average Bonchev–Trinajstić information content (AvgIpc) is 2.97. The second-order valence-electron chi connectivity index (χ2n) is 5.88. The summed E-state index contributed by atoms with van der Waals surface area (Å²) < 4.78 is 6.97. The number of aryl methyl sites for hydroxylation is 1. The normalized spacial score (nSPS) is 15.7. The summed E-state index contributed by atoms with van der Waals surface area (Å²) in [5.74, 6) is 0.806. The third-order valence-corrected chi connectivity index (χ3v) is 4.21. The summed E-state index contributed by atoms with van der Waals surface area (Å²) >= 11 is 0. The monoisotopic (exact) mass is 314 g/mol. The van der Waals surface area contributed by atoms with E-state index in [1.807, 2.05) is 42.2 Å². The van der Waals surface area contributed by atoms with Crippen LogP contribution in [0.4, 0.5) is 0 Å². The Bertz CT molecular complexity index is 685. The van der Waals surface area contributed by atoms with Crippen molar-refractivity contribution in [3.8, 4) is 11.4 Å². The number of rotatable bonds is 3. The number of nitrogens with zero attached hydrogens (tertiary/aromatic N) is 4. The molecule has 1 saturated heterocycles. The Kier molecular flexibility index (Phi) is 4.34. The van der Waals surface area contributed by atoms with Gasteiger partial charge in [0, 0.05) is 31.9 Å². The molecule has 6 nitrogen and oxygen atoms in total. The van der Waals surface area contributed by atoms with Gasteiger partial charge >= 0.3 is 0 Å². The van der Waals surface area contributed by atoms with E-state index in [4.69, 9.17) is 4.74 Å². The van der Waals surface area contributed by atoms with E-state index in [1.165, 1.54) is 0 Å². The lowest BCUT2D eigenvalue weighted by atomic mass is 10.2. The standard InChI is InChI=1S/C17H22N4O2/c1-13-12-16(17(22)20-10-8-19(2)9-11-20)18-21(13)14-4-6-15(23-3)7-5-14/h4-7,12H,8-11H2,1-3H3. The zero-order valence-electron chi connectivity index (χ0n) is 13.8. The van der Waals surface area contributed by atoms with Crippen LogP contribution in [-0.4, -0.2) is 65.8 Å². The molecule has 1 amide bonds. The van der Waals surface area contributed by atoms with E-state index in [9.17, 15) is 4.79 Å². The van der Waals surface area contributed by atoms with Gasteiger partial charge in [-0.1, -0.05) is 0 Å². The Labute approximate surface area is 136 Å². The molecule has 1 aromatic heterocycles. The molecule has 0 unspecified atom stereocenters. The molecule has 6 heteroatoms. The Morgan fingerprint density at radius 1 is 1.13 bits per heavy atom. The molecule has 1 aliphatic heterocycles. The first-order chi connectivity index (χ1) is 11.1. The second kappa shape index (κ2) is 6.42. The number of carbonyl (C=O) groups excluding carboxylic acids is 1. The van der Waals surface area contributed by atoms with Crippen molar-refractivity contribution < 1.29 is 9.53 Å². The number of amides is 1. The van der Waals surface area contributed by atoms with Gasteiger partial charge in [0.2, 0.25) is 0 Å². The molecule has 1 aliphatic rings. The Hall–Kier alpha value is -2.34. The van der Waals surface area contributed by atoms with Crippen LogP contribution in [0.1, 0.15) is 16.2 Å². The lowest BCUT2D eigenvalue weighted by Crippen LogP contribution is -2.47. The highest BCUT2D eigenvalue weighted by Crippen LogP contribution is 2.17. The summed E-state index contributed by atoms with van der Waals surface area (Å²) in [7, 11) is 3.71. The number of likely N-dealkylation sites (N-methyl/N-ethyl adjacent to an activating group) is 1. The smallest absolute Gasteiger partial charge is 0.274 e. The van der Waals surface area contributed by atoms with Crippen molar-refractivity contribution in [3.63, 3.8) is 0 Å². The third kappa shape index (κ3) is 3.22. The van der Waals surface area contributed by atoms with E-state index < -0.39 is 0 Å². The first-order valence-electron chi connectivity index (χ1n) is 7.77. The van der Waals surface area contributed by atoms with Crippen LogP contribution in [0.15, 0.2) is 30.3 Å². The van der Waals surface area contributed by atoms with E-state index in [-0.39, 0.29) is 5.91 Å². The third-order valence-electron chi connectivity index (χ3n) is 4.21. The zero-order chi connectivity index (χ0) is 16.4. The summed E-state index contributed by atoms with van der Waals surface area (Å²) in [5, 5.41) is 4.50. The van der Waals surface area contributed by atoms with Crippen molar-refractivity contribution in [2.45, 2.75) is 6.92 Å². The summed E-state index contributed by atoms with van der Waals surface area (Å²) in [6, 6.07) is 9.49. The minimum absolute atomic E-state index is 0.00783. The average molecular weight is 314 g/mol. The number of ether oxygens (including phenoxy) is 1. The predicted molar refractivity (Wildman–Crippen MR) is 88.3 cm³/mol. The van der Waals surface area contributed by atoms with Crippen LogP contribution in [0.25, 0.3) is 5.69 Å². The highest BCUT2D eigenvalue weighted by atomic mass is 16.5. The van der Waals surface area contributed by atoms with Gasteiger partial charge in [-0.05, 0) is 44.3 Å². The number of piperazine rings is 1. The van der Waals surface area contributed by atoms with E-state index in [2.05, 4.69) is 17.0 Å². The molecule has 2 aromatic rings. The zero-order valence-corrected chi connectivity index (χ0v) is 13.8. The number of aromatic nitrogens is 2. The summed E-state index contributed by atoms with van der Waals surface area (Å²) in [6.45, 7) is 5.28. The quantitative estimate of drug-likeness (QED) is 0.863. The van der Waals surface area contributed by atoms with Gasteiger partial charge in [0.1, 0.15) is 5.75 Å². The molecule has 122 valence electrons. The molecule has 0 aliphatic carbocycles. The Morgan fingerprint density at radius 3 is 2.39 bits per heavy atom. The highest BCUT2D eigenvalue weighted by Gasteiger charge is 2.23. The fraction of sp³-hybridized carbons (Fsp3) is 0.412. The van der Waals surface area contributed by atoms with Gasteiger partial charge in [-0.3, -0.25) is 4.79 Å². The van der Waals surface area contributed by atoms with Gasteiger partial charge in [0.15, 0.2) is 5.69 Å². The van der Waals surface area contributed by atoms with Crippen LogP contribution in [0.3, 0.4) is 0 Å². The largest absolute Gasteiger partial charge is 0.497 e. The van der Waals surface area contributed by atoms with Crippen LogP contribution in [0, 0.1) is 6.92 Å². The number of benzene rings is 1. The molecule has 0 bridgehead atoms. The van der Waals surface area contributed by atoms with E-state index >= 15 is 0 Å². The second-order valence-corrected chi connectivity index (χ2v) is 5.88. The maximum atomic E-state index is 12.6. The Balaban J connectivity index is 1.81. The Morgan fingerprint density at radius 2 is 1.78 bits per heavy atom. The van der Waals surface area contributed by atoms with Crippen molar-refractivity contribution in [1.29, 1.82) is 0 Å². The van der Waals surface area contributed by atoms with Crippen molar-refractivity contribution in [3.05, 3.63) is 41.7 Å². The van der Waals surface area contributed by atoms with Crippen LogP contribution in [0.5, 0.6) is 5.75 Å². The van der Waals surface area contributed by atoms with Gasteiger partial charge in [-0.15, -0.1) is 0 Å². The topological polar surface area (TPSA) is 50.6 Å². The molecule has 0 radical (unpaired) electrons. The maximum absolute atomic E-state index is 12.6. The molecule has 0 saturated carbocycles. The first-order valence-corrected chi connectivity index (χ1v) is 7.77. The van der Waals surface area contributed by atoms with Crippen LogP contribution in [0.2, 0.25) is 0 Å². The number of methoxy groups -OCH3 is 1. The number of carbonyl (C=O) groups is 1. The molecule has 2 heterocycles. The van der Waals surface area contributed by atoms with Gasteiger partial charge < -0.3 is 14.5 Å². The van der Waals surface area contributed by atoms with Crippen LogP contribution >= 0.6 is 0 Å². The van der Waals surface area contributed by atoms with Crippen molar-refractivity contribution in [2.24, 2.45) is 0 Å². The van der Waals surface area contributed by atoms with Crippen molar-refractivity contribution in [2.75, 3.05) is 40.3 Å². The van der Waals surface area contributed by atoms with Crippen molar-refractivity contribution in [1.82, 2.24) is 19.6 Å². The molecule has 1 fully saturated rings. The van der Waals surface area contributed by atoms with E-state index in [1.54, 1.807) is 11.8 Å². The van der Waals surface area contributed by atoms with E-state index in [0.29, 0.717) is 5.69 Å². The first kappa shape index (κ1) is 15.6. The molecular weight excluding hydrogens is 292 g/mol. The van der Waals surface area contributed by atoms with Gasteiger partial charge in [-0.2, -0.15) is 5.10 Å². The molecule has 0 N–H and O–H groups in total. The minimum Gasteiger partial charge on any atom is -0.497 e. The fourth-order valence-corrected chi connectivity index (χ4v) is 2.74. The lowest BCUT2D eigenvalue weighted by Gasteiger charge is -2.31. The number of hydrogen-bond acceptors (Lipinski definition) is 4. The van der Waals surface area contributed by atoms with Crippen LogP contribution in [-0.2, 0) is 0 Å². The molecule has 0 atom stereocenters. The summed E-state index contributed by atoms with van der Waals surface area (Å²) in [5.41, 5.74) is 2.36. The van der Waals surface area contributed by atoms with E-state index in [0.717, 1.165) is 43.3 Å². The van der Waals surface area contributed by atoms with Crippen molar-refractivity contribution >= 4 is 5.91 Å². The SMILES string of the molecule is COc1ccc(-n2nc(C(=O)N3CCN(C)CC3)cc2C)cc1. The summed E-state index contributed by atoms with van der Waals surface area (Å²) in [6.07, 6.45) is 0. The highest BCUT2D eigenvalue weighted by molar-refractivity contribution is 5.92. The van der Waals surface area contributed by atoms with Gasteiger partial charge in [0.05, 0.1) is 12.8 Å². The fourth-order valence-electron chi connectivity index (χ4n) is 2.74. The molecule has 1 aromatic carbocycles. The minimum atomic E-state index is 0.00783. The molecule has 0 spiro atoms. The van der Waals surface area contributed by atoms with Crippen LogP contribution < -0.4 is 4.74 Å². The predicted octanol–water partition coefficient (Wildman–Crippen LogP) is 1.58. The van der Waals surface area contributed by atoms with Gasteiger partial charge in [0.25, 0.3) is 5.91 Å². The molecular formula is C17H22N4O2. The lowest BCUT2D eigenvalue weighted by molar-refractivity contribution is 0.0657. The summed E-state index contributed by atoms with van der Waals surface area (Å²) in [4.78, 5) is 16.7. The van der Waals surface area contributed by atoms with Gasteiger partial charge in [-0.25, -0.2) is 4.68 Å².